The molecule has 1 heterocycles. The van der Waals surface area contributed by atoms with Crippen LogP contribution in [0.4, 0.5) is 11.5 Å². The lowest BCUT2D eigenvalue weighted by atomic mass is 10.1. The van der Waals surface area contributed by atoms with Crippen LogP contribution in [0.1, 0.15) is 21.6 Å². The van der Waals surface area contributed by atoms with Crippen LogP contribution in [0, 0.1) is 10.1 Å². The van der Waals surface area contributed by atoms with Crippen LogP contribution in [0.5, 0.6) is 5.75 Å². The zero-order valence-electron chi connectivity index (χ0n) is 17.2. The molecule has 0 spiro atoms. The van der Waals surface area contributed by atoms with Gasteiger partial charge in [0, 0.05) is 18.6 Å². The van der Waals surface area contributed by atoms with Crippen molar-refractivity contribution >= 4 is 38.5 Å². The van der Waals surface area contributed by atoms with Gasteiger partial charge in [0.15, 0.2) is 5.82 Å². The Labute approximate surface area is 192 Å². The quantitative estimate of drug-likeness (QED) is 0.265. The number of nitrogens with one attached hydrogen (secondary N) is 1. The van der Waals surface area contributed by atoms with E-state index in [1.165, 1.54) is 36.4 Å². The van der Waals surface area contributed by atoms with Gasteiger partial charge in [0.25, 0.3) is 15.7 Å². The summed E-state index contributed by atoms with van der Waals surface area (Å²) < 4.78 is 28.3. The van der Waals surface area contributed by atoms with E-state index in [4.69, 9.17) is 5.11 Å². The fourth-order valence-corrected chi connectivity index (χ4v) is 4.32. The summed E-state index contributed by atoms with van der Waals surface area (Å²) in [5.41, 5.74) is 0.897. The highest BCUT2D eigenvalue weighted by atomic mass is 32.2. The molecule has 0 aliphatic carbocycles. The summed E-state index contributed by atoms with van der Waals surface area (Å²) in [6, 6.07) is 15.3. The average molecular weight is 480 g/mol. The molecule has 3 aromatic carbocycles. The molecule has 0 saturated heterocycles. The van der Waals surface area contributed by atoms with Crippen LogP contribution in [-0.4, -0.2) is 39.5 Å². The first-order valence-corrected chi connectivity index (χ1v) is 11.2. The van der Waals surface area contributed by atoms with Crippen molar-refractivity contribution in [2.75, 3.05) is 4.72 Å². The molecule has 0 fully saturated rings. The number of anilines is 1. The van der Waals surface area contributed by atoms with Gasteiger partial charge in [0.05, 0.1) is 26.5 Å². The maximum Gasteiger partial charge on any atom is 0.339 e. The number of nitro benzene ring substituents is 1. The van der Waals surface area contributed by atoms with E-state index in [9.17, 15) is 28.4 Å². The first-order chi connectivity index (χ1) is 16.1. The lowest BCUT2D eigenvalue weighted by Gasteiger charge is -2.13. The molecule has 172 valence electrons. The van der Waals surface area contributed by atoms with Gasteiger partial charge in [-0.15, -0.1) is 0 Å². The van der Waals surface area contributed by atoms with E-state index in [0.29, 0.717) is 16.6 Å². The van der Waals surface area contributed by atoms with Crippen LogP contribution < -0.4 is 4.72 Å². The number of nitrogens with zero attached hydrogens (tertiary/aromatic N) is 3. The number of hydrogen-bond acceptors (Lipinski definition) is 8. The van der Waals surface area contributed by atoms with Crippen molar-refractivity contribution in [2.24, 2.45) is 0 Å². The molecule has 0 unspecified atom stereocenters. The van der Waals surface area contributed by atoms with E-state index < -0.39 is 26.7 Å². The van der Waals surface area contributed by atoms with Crippen molar-refractivity contribution in [3.63, 3.8) is 0 Å². The predicted molar refractivity (Wildman–Crippen MR) is 121 cm³/mol. The smallest absolute Gasteiger partial charge is 0.339 e. The molecule has 0 aliphatic heterocycles. The zero-order valence-corrected chi connectivity index (χ0v) is 18.1. The lowest BCUT2D eigenvalue weighted by Crippen LogP contribution is -2.16. The minimum atomic E-state index is -4.26. The largest absolute Gasteiger partial charge is 0.507 e. The van der Waals surface area contributed by atoms with Crippen molar-refractivity contribution in [1.82, 2.24) is 9.97 Å². The molecule has 3 N–H and O–H groups in total. The van der Waals surface area contributed by atoms with Gasteiger partial charge in [-0.3, -0.25) is 14.8 Å². The molecule has 0 radical (unpaired) electrons. The van der Waals surface area contributed by atoms with E-state index in [0.717, 1.165) is 6.07 Å². The van der Waals surface area contributed by atoms with E-state index in [1.807, 2.05) is 0 Å². The highest BCUT2D eigenvalue weighted by molar-refractivity contribution is 7.92. The fourth-order valence-electron chi connectivity index (χ4n) is 3.25. The summed E-state index contributed by atoms with van der Waals surface area (Å²) in [6.45, 7) is 0. The van der Waals surface area contributed by atoms with Gasteiger partial charge in [0.1, 0.15) is 11.3 Å². The monoisotopic (exact) mass is 480 g/mol. The fraction of sp³-hybridized carbons (Fsp3) is 0.0455. The molecular formula is C22H16N4O7S. The first kappa shape index (κ1) is 22.6. The first-order valence-electron chi connectivity index (χ1n) is 9.72. The molecule has 1 aromatic heterocycles. The van der Waals surface area contributed by atoms with Crippen molar-refractivity contribution in [3.8, 4) is 5.75 Å². The van der Waals surface area contributed by atoms with E-state index in [2.05, 4.69) is 14.7 Å². The van der Waals surface area contributed by atoms with Gasteiger partial charge < -0.3 is 10.2 Å². The van der Waals surface area contributed by atoms with Crippen molar-refractivity contribution in [3.05, 3.63) is 93.7 Å². The lowest BCUT2D eigenvalue weighted by molar-refractivity contribution is -0.385. The van der Waals surface area contributed by atoms with E-state index in [-0.39, 0.29) is 34.1 Å². The Morgan fingerprint density at radius 1 is 1.00 bits per heavy atom. The number of non-ortho nitro benzene ring substituents is 1. The van der Waals surface area contributed by atoms with Gasteiger partial charge in [-0.2, -0.15) is 0 Å². The van der Waals surface area contributed by atoms with E-state index >= 15 is 0 Å². The second-order valence-electron chi connectivity index (χ2n) is 7.20. The number of aromatic carboxylic acids is 1. The molecular weight excluding hydrogens is 464 g/mol. The molecule has 0 amide bonds. The summed E-state index contributed by atoms with van der Waals surface area (Å²) in [5.74, 6) is -1.84. The van der Waals surface area contributed by atoms with Crippen LogP contribution in [0.3, 0.4) is 0 Å². The maximum absolute atomic E-state index is 13.0. The van der Waals surface area contributed by atoms with Gasteiger partial charge in [-0.25, -0.2) is 23.2 Å². The van der Waals surface area contributed by atoms with E-state index in [1.54, 1.807) is 24.3 Å². The molecule has 11 nitrogen and oxygen atoms in total. The van der Waals surface area contributed by atoms with Crippen molar-refractivity contribution in [1.29, 1.82) is 0 Å². The van der Waals surface area contributed by atoms with Crippen molar-refractivity contribution < 1.29 is 28.3 Å². The van der Waals surface area contributed by atoms with Crippen LogP contribution in [0.2, 0.25) is 0 Å². The number of aromatic hydroxyl groups is 1. The molecule has 34 heavy (non-hydrogen) atoms. The summed E-state index contributed by atoms with van der Waals surface area (Å²) in [5, 5.41) is 30.1. The van der Waals surface area contributed by atoms with Gasteiger partial charge in [-0.05, 0) is 35.9 Å². The number of nitro groups is 1. The minimum absolute atomic E-state index is 0.0120. The Morgan fingerprint density at radius 2 is 1.71 bits per heavy atom. The normalized spacial score (nSPS) is 11.3. The SMILES string of the molecule is O=C(O)c1ccc(Cc2nc3ccccc3nc2NS(=O)(=O)c2cccc([N+](=O)[O-])c2)cc1O. The Balaban J connectivity index is 1.77. The summed E-state index contributed by atoms with van der Waals surface area (Å²) in [7, 11) is -4.26. The van der Waals surface area contributed by atoms with Crippen molar-refractivity contribution in [2.45, 2.75) is 11.3 Å². The third-order valence-corrected chi connectivity index (χ3v) is 6.21. The standard InChI is InChI=1S/C22H16N4O7S/c27-20-11-13(8-9-16(20)22(28)29)10-19-21(24-18-7-2-1-6-17(18)23-19)25-34(32,33)15-5-3-4-14(12-15)26(30)31/h1-9,11-12,27H,10H2,(H,24,25)(H,28,29). The number of aromatic nitrogens is 2. The van der Waals surface area contributed by atoms with Crippen LogP contribution in [0.25, 0.3) is 11.0 Å². The van der Waals surface area contributed by atoms with Gasteiger partial charge in [-0.1, -0.05) is 24.3 Å². The number of carboxylic acid groups (broad SMARTS) is 1. The number of benzene rings is 3. The Bertz CT molecular complexity index is 1550. The third kappa shape index (κ3) is 4.61. The summed E-state index contributed by atoms with van der Waals surface area (Å²) in [6.07, 6.45) is 0.0120. The summed E-state index contributed by atoms with van der Waals surface area (Å²) >= 11 is 0. The number of carbonyl (C=O) groups is 1. The molecule has 4 aromatic rings. The molecule has 0 bridgehead atoms. The van der Waals surface area contributed by atoms with Crippen LogP contribution >= 0.6 is 0 Å². The number of para-hydroxylation sites is 2. The Morgan fingerprint density at radius 3 is 2.35 bits per heavy atom. The second kappa shape index (κ2) is 8.75. The average Bonchev–Trinajstić information content (AvgIpc) is 2.79. The molecule has 0 saturated carbocycles. The number of rotatable bonds is 7. The highest BCUT2D eigenvalue weighted by Gasteiger charge is 2.21. The van der Waals surface area contributed by atoms with Crippen LogP contribution in [-0.2, 0) is 16.4 Å². The second-order valence-corrected chi connectivity index (χ2v) is 8.88. The number of sulfonamides is 1. The highest BCUT2D eigenvalue weighted by Crippen LogP contribution is 2.26. The Hall–Kier alpha value is -4.58. The predicted octanol–water partition coefficient (Wildman–Crippen LogP) is 3.33. The number of carboxylic acids is 1. The molecule has 4 rings (SSSR count). The molecule has 0 aliphatic rings. The number of phenols is 1. The number of fused-ring (bicyclic) bond motifs is 1. The molecule has 0 atom stereocenters. The van der Waals surface area contributed by atoms with Crippen LogP contribution in [0.15, 0.2) is 71.6 Å². The zero-order chi connectivity index (χ0) is 24.5. The van der Waals surface area contributed by atoms with Gasteiger partial charge in [0.2, 0.25) is 0 Å². The minimum Gasteiger partial charge on any atom is -0.507 e. The van der Waals surface area contributed by atoms with Gasteiger partial charge >= 0.3 is 5.97 Å². The molecule has 12 heteroatoms. The third-order valence-electron chi connectivity index (χ3n) is 4.88. The topological polar surface area (TPSA) is 173 Å². The Kier molecular flexibility index (Phi) is 5.82. The summed E-state index contributed by atoms with van der Waals surface area (Å²) in [4.78, 5) is 30.0. The maximum atomic E-state index is 13.0. The number of hydrogen-bond donors (Lipinski definition) is 3.